The minimum atomic E-state index is -0.618. The van der Waals surface area contributed by atoms with Gasteiger partial charge in [-0.05, 0) is 52.7 Å². The topological polar surface area (TPSA) is 58.2 Å². The fourth-order valence-corrected chi connectivity index (χ4v) is 3.26. The molecule has 0 aliphatic carbocycles. The molecule has 0 aliphatic heterocycles. The first-order chi connectivity index (χ1) is 10.5. The van der Waals surface area contributed by atoms with Crippen LogP contribution in [0.2, 0.25) is 5.02 Å². The molecule has 2 N–H and O–H groups in total. The molecule has 4 nitrogen and oxygen atoms in total. The summed E-state index contributed by atoms with van der Waals surface area (Å²) in [5.74, 6) is -0.509. The van der Waals surface area contributed by atoms with Crippen LogP contribution in [-0.2, 0) is 11.3 Å². The van der Waals surface area contributed by atoms with E-state index in [1.54, 1.807) is 31.2 Å². The highest BCUT2D eigenvalue weighted by atomic mass is 79.9. The van der Waals surface area contributed by atoms with E-state index in [0.29, 0.717) is 16.4 Å². The third-order valence-corrected chi connectivity index (χ3v) is 4.75. The average Bonchev–Trinajstić information content (AvgIpc) is 2.91. The van der Waals surface area contributed by atoms with E-state index in [9.17, 15) is 9.59 Å². The Morgan fingerprint density at radius 3 is 2.73 bits per heavy atom. The van der Waals surface area contributed by atoms with Crippen molar-refractivity contribution >= 4 is 50.7 Å². The number of hydrogen-bond acceptors (Lipinski definition) is 3. The van der Waals surface area contributed by atoms with Crippen molar-refractivity contribution in [1.29, 1.82) is 0 Å². The predicted molar refractivity (Wildman–Crippen MR) is 92.2 cm³/mol. The van der Waals surface area contributed by atoms with E-state index in [1.807, 2.05) is 12.1 Å². The zero-order chi connectivity index (χ0) is 16.1. The third-order valence-electron chi connectivity index (χ3n) is 2.89. The summed E-state index contributed by atoms with van der Waals surface area (Å²) in [4.78, 5) is 24.5. The first kappa shape index (κ1) is 17.0. The van der Waals surface area contributed by atoms with Crippen LogP contribution < -0.4 is 10.6 Å². The van der Waals surface area contributed by atoms with Gasteiger partial charge in [0.25, 0.3) is 5.91 Å². The summed E-state index contributed by atoms with van der Waals surface area (Å²) in [5.41, 5.74) is 0.904. The van der Waals surface area contributed by atoms with Crippen LogP contribution in [-0.4, -0.2) is 17.9 Å². The van der Waals surface area contributed by atoms with Crippen molar-refractivity contribution < 1.29 is 9.59 Å². The fraction of sp³-hybridized carbons (Fsp3) is 0.200. The molecule has 0 saturated heterocycles. The molecule has 1 aromatic heterocycles. The summed E-state index contributed by atoms with van der Waals surface area (Å²) in [6, 6.07) is 10.1. The van der Waals surface area contributed by atoms with Crippen molar-refractivity contribution in [2.75, 3.05) is 0 Å². The molecule has 22 heavy (non-hydrogen) atoms. The molecule has 0 radical (unpaired) electrons. The van der Waals surface area contributed by atoms with Gasteiger partial charge in [0.05, 0.1) is 8.66 Å². The van der Waals surface area contributed by atoms with Crippen LogP contribution >= 0.6 is 38.9 Å². The van der Waals surface area contributed by atoms with Crippen LogP contribution in [0.15, 0.2) is 40.2 Å². The van der Waals surface area contributed by atoms with Crippen LogP contribution in [0, 0.1) is 0 Å². The van der Waals surface area contributed by atoms with Gasteiger partial charge >= 0.3 is 0 Å². The molecule has 1 atom stereocenters. The van der Waals surface area contributed by atoms with Gasteiger partial charge in [0.15, 0.2) is 0 Å². The van der Waals surface area contributed by atoms with Gasteiger partial charge in [-0.25, -0.2) is 0 Å². The number of carbonyl (C=O) groups excluding carboxylic acids is 2. The summed E-state index contributed by atoms with van der Waals surface area (Å²) in [6.07, 6.45) is 0. The van der Waals surface area contributed by atoms with E-state index in [0.717, 1.165) is 9.35 Å². The lowest BCUT2D eigenvalue weighted by molar-refractivity contribution is -0.122. The lowest BCUT2D eigenvalue weighted by Crippen LogP contribution is -2.44. The van der Waals surface area contributed by atoms with Crippen LogP contribution in [0.1, 0.15) is 22.2 Å². The summed E-state index contributed by atoms with van der Waals surface area (Å²) in [5, 5.41) is 6.06. The quantitative estimate of drug-likeness (QED) is 0.804. The number of nitrogens with one attached hydrogen (secondary N) is 2. The van der Waals surface area contributed by atoms with Gasteiger partial charge in [0.1, 0.15) is 6.04 Å². The molecule has 2 amide bonds. The van der Waals surface area contributed by atoms with Crippen molar-refractivity contribution in [3.8, 4) is 0 Å². The number of benzene rings is 1. The van der Waals surface area contributed by atoms with E-state index >= 15 is 0 Å². The van der Waals surface area contributed by atoms with Gasteiger partial charge in [0, 0.05) is 11.6 Å². The van der Waals surface area contributed by atoms with E-state index in [-0.39, 0.29) is 11.8 Å². The van der Waals surface area contributed by atoms with E-state index < -0.39 is 6.04 Å². The Bertz CT molecular complexity index is 690. The van der Waals surface area contributed by atoms with Gasteiger partial charge in [-0.15, -0.1) is 11.3 Å². The molecule has 116 valence electrons. The Labute approximate surface area is 146 Å². The zero-order valence-electron chi connectivity index (χ0n) is 11.7. The Balaban J connectivity index is 1.85. The van der Waals surface area contributed by atoms with Gasteiger partial charge in [0.2, 0.25) is 5.91 Å². The van der Waals surface area contributed by atoms with Gasteiger partial charge in [-0.1, -0.05) is 23.7 Å². The highest BCUT2D eigenvalue weighted by Crippen LogP contribution is 2.21. The number of rotatable bonds is 5. The second-order valence-electron chi connectivity index (χ2n) is 4.65. The van der Waals surface area contributed by atoms with Crippen molar-refractivity contribution in [3.63, 3.8) is 0 Å². The molecule has 0 aliphatic rings. The first-order valence-corrected chi connectivity index (χ1v) is 8.53. The van der Waals surface area contributed by atoms with Crippen LogP contribution in [0.5, 0.6) is 0 Å². The second-order valence-corrected chi connectivity index (χ2v) is 7.55. The molecular weight excluding hydrogens is 388 g/mol. The number of amides is 2. The van der Waals surface area contributed by atoms with Crippen molar-refractivity contribution in [3.05, 3.63) is 55.6 Å². The summed E-state index contributed by atoms with van der Waals surface area (Å²) < 4.78 is 0.871. The molecule has 1 heterocycles. The maximum atomic E-state index is 12.0. The van der Waals surface area contributed by atoms with E-state index in [4.69, 9.17) is 11.6 Å². The van der Waals surface area contributed by atoms with Gasteiger partial charge < -0.3 is 10.6 Å². The highest BCUT2D eigenvalue weighted by molar-refractivity contribution is 9.11. The average molecular weight is 402 g/mol. The normalized spacial score (nSPS) is 11.8. The van der Waals surface area contributed by atoms with Crippen molar-refractivity contribution in [2.24, 2.45) is 0 Å². The molecule has 0 fully saturated rings. The first-order valence-electron chi connectivity index (χ1n) is 6.54. The summed E-state index contributed by atoms with van der Waals surface area (Å²) in [7, 11) is 0. The Morgan fingerprint density at radius 2 is 2.09 bits per heavy atom. The van der Waals surface area contributed by atoms with Crippen LogP contribution in [0.3, 0.4) is 0 Å². The second kappa shape index (κ2) is 7.76. The minimum absolute atomic E-state index is 0.246. The lowest BCUT2D eigenvalue weighted by Gasteiger charge is -2.13. The molecule has 0 saturated carbocycles. The standard InChI is InChI=1S/C15H14BrClN2O2S/c1-9(19-15(21)12-5-6-13(16)22-12)14(20)18-8-10-3-2-4-11(17)7-10/h2-7,9H,8H2,1H3,(H,18,20)(H,19,21). The smallest absolute Gasteiger partial charge is 0.262 e. The number of hydrogen-bond donors (Lipinski definition) is 2. The summed E-state index contributed by atoms with van der Waals surface area (Å²) in [6.45, 7) is 2.01. The Kier molecular flexibility index (Phi) is 5.99. The third kappa shape index (κ3) is 4.83. The highest BCUT2D eigenvalue weighted by Gasteiger charge is 2.17. The SMILES string of the molecule is CC(NC(=O)c1ccc(Br)s1)C(=O)NCc1cccc(Cl)c1. The number of carbonyl (C=O) groups is 2. The molecule has 1 unspecified atom stereocenters. The van der Waals surface area contributed by atoms with Crippen molar-refractivity contribution in [2.45, 2.75) is 19.5 Å². The monoisotopic (exact) mass is 400 g/mol. The van der Waals surface area contributed by atoms with E-state index in [2.05, 4.69) is 26.6 Å². The van der Waals surface area contributed by atoms with Gasteiger partial charge in [-0.2, -0.15) is 0 Å². The van der Waals surface area contributed by atoms with E-state index in [1.165, 1.54) is 11.3 Å². The molecular formula is C15H14BrClN2O2S. The maximum absolute atomic E-state index is 12.0. The Morgan fingerprint density at radius 1 is 1.32 bits per heavy atom. The summed E-state index contributed by atoms with van der Waals surface area (Å²) >= 11 is 10.5. The molecule has 2 aromatic rings. The molecule has 2 rings (SSSR count). The largest absolute Gasteiger partial charge is 0.350 e. The van der Waals surface area contributed by atoms with Crippen LogP contribution in [0.25, 0.3) is 0 Å². The molecule has 0 bridgehead atoms. The molecule has 1 aromatic carbocycles. The van der Waals surface area contributed by atoms with Crippen LogP contribution in [0.4, 0.5) is 0 Å². The Hall–Kier alpha value is -1.37. The number of halogens is 2. The van der Waals surface area contributed by atoms with Gasteiger partial charge in [-0.3, -0.25) is 9.59 Å². The van der Waals surface area contributed by atoms with Crippen molar-refractivity contribution in [1.82, 2.24) is 10.6 Å². The lowest BCUT2D eigenvalue weighted by atomic mass is 10.2. The maximum Gasteiger partial charge on any atom is 0.262 e. The minimum Gasteiger partial charge on any atom is -0.350 e. The fourth-order valence-electron chi connectivity index (χ4n) is 1.76. The molecule has 7 heteroatoms. The zero-order valence-corrected chi connectivity index (χ0v) is 14.9. The molecule has 0 spiro atoms. The number of thiophene rings is 1. The predicted octanol–water partition coefficient (Wildman–Crippen LogP) is 3.60.